The average molecular weight is 1560 g/mol. The van der Waals surface area contributed by atoms with Crippen LogP contribution in [0.25, 0.3) is 76.0 Å². The van der Waals surface area contributed by atoms with Crippen molar-refractivity contribution in [3.8, 4) is 23.5 Å². The van der Waals surface area contributed by atoms with Gasteiger partial charge in [-0.15, -0.1) is 0 Å². The van der Waals surface area contributed by atoms with Crippen molar-refractivity contribution in [2.75, 3.05) is 6.54 Å². The van der Waals surface area contributed by atoms with Crippen LogP contribution in [0.3, 0.4) is 0 Å². The molecule has 0 aliphatic heterocycles. The van der Waals surface area contributed by atoms with E-state index in [1.54, 1.807) is 82.7 Å². The predicted molar refractivity (Wildman–Crippen MR) is 359 cm³/mol. The summed E-state index contributed by atoms with van der Waals surface area (Å²) in [6, 6.07) is 34.4. The number of halogens is 4. The maximum absolute atomic E-state index is 12.4. The van der Waals surface area contributed by atoms with Gasteiger partial charge in [0.15, 0.2) is 0 Å². The third-order valence-electron chi connectivity index (χ3n) is 12.9. The monoisotopic (exact) mass is 1560 g/mol. The van der Waals surface area contributed by atoms with Crippen LogP contribution in [-0.4, -0.2) is 76.5 Å². The van der Waals surface area contributed by atoms with E-state index in [-0.39, 0.29) is 46.2 Å². The van der Waals surface area contributed by atoms with Gasteiger partial charge in [0.25, 0.3) is 16.7 Å². The number of benzene rings is 6. The fourth-order valence-corrected chi connectivity index (χ4v) is 9.65. The number of rotatable bonds is 9. The third kappa shape index (κ3) is 22.7. The Labute approximate surface area is 593 Å². The van der Waals surface area contributed by atoms with Crippen molar-refractivity contribution in [1.29, 1.82) is 10.5 Å². The molecule has 0 amide bonds. The summed E-state index contributed by atoms with van der Waals surface area (Å²) in [5, 5.41) is 28.5. The molecule has 29 heteroatoms. The Morgan fingerprint density at radius 1 is 0.609 bits per heavy atom. The number of H-pyrrole nitrogens is 4. The van der Waals surface area contributed by atoms with Crippen molar-refractivity contribution < 1.29 is 84.0 Å². The molecule has 0 fully saturated rings. The average Bonchev–Trinajstić information content (AvgIpc) is 0.915. The number of aryl methyl sites for hydroxylation is 3. The van der Waals surface area contributed by atoms with Gasteiger partial charge < -0.3 is 47.5 Å². The standard InChI is InChI=1S/C19H18N4O.C19H14N4O.C16H11BrN2O.C4H6O4.C3H4N2.C2H3BO2.2ClH.Co.Cu.HI.Na/c2*20-6-1-2-13-10-14-5-7-22-19(24)18(14)17-11-15(3-4-16(13)17)23-9-8-21-12-23;17-12-3-4-13-10(2-1-6-18)8-11-5-7-19-16(20)15(11)14(13)9-12;1-3(5)7-8-4(2)6;1-2-5-3-4-1;1-2(4)5-3;;;;;;/h3-5,7-12H,1-2,6,20H2,(H,22,24);3-5,7-12H,1-2H2,(H,22,24);3-5,7-9H,1-2H2,(H,19,20);1-2H3;1-3H,(H,4,5);1H3;2*1H;;;1H;/q;;;;;-1;;;+2;+1;;+1/p-3. The minimum atomic E-state index is -0.639. The van der Waals surface area contributed by atoms with Crippen LogP contribution in [0.5, 0.6) is 0 Å². The number of imidazole rings is 3. The quantitative estimate of drug-likeness (QED) is 0.0295. The van der Waals surface area contributed by atoms with Crippen molar-refractivity contribution in [2.45, 2.75) is 59.3 Å². The fraction of sp³-hybridized carbons (Fsp3) is 0.159. The minimum Gasteiger partial charge on any atom is -0.351 e. The Morgan fingerprint density at radius 2 is 1.00 bits per heavy atom. The van der Waals surface area contributed by atoms with Gasteiger partial charge in [-0.2, -0.15) is 10.5 Å². The van der Waals surface area contributed by atoms with Gasteiger partial charge in [0, 0.05) is 105 Å². The third-order valence-corrected chi connectivity index (χ3v) is 13.4. The molecule has 12 aromatic rings. The van der Waals surface area contributed by atoms with Gasteiger partial charge in [-0.25, -0.2) is 34.3 Å². The molecule has 0 atom stereocenters. The van der Waals surface area contributed by atoms with E-state index in [4.69, 9.17) is 36.6 Å². The Bertz CT molecular complexity index is 4610. The molecule has 92 heavy (non-hydrogen) atoms. The number of nitrogens with two attached hydrogens (primary N) is 1. The van der Waals surface area contributed by atoms with E-state index in [9.17, 15) is 28.8 Å². The molecule has 21 nitrogen and oxygen atoms in total. The van der Waals surface area contributed by atoms with Gasteiger partial charge in [0.2, 0.25) is 5.97 Å². The minimum absolute atomic E-state index is 0. The summed E-state index contributed by atoms with van der Waals surface area (Å²) in [5.41, 5.74) is 10.8. The van der Waals surface area contributed by atoms with Crippen LogP contribution < -0.4 is 52.0 Å². The molecule has 6 N–H and O–H groups in total. The Balaban J connectivity index is 0.000000251. The molecule has 0 aliphatic rings. The van der Waals surface area contributed by atoms with E-state index >= 15 is 0 Å². The molecule has 6 heterocycles. The molecule has 0 bridgehead atoms. The summed E-state index contributed by atoms with van der Waals surface area (Å²) in [6.45, 7) is 4.17. The zero-order valence-corrected chi connectivity index (χ0v) is 58.9. The van der Waals surface area contributed by atoms with Crippen LogP contribution in [0.1, 0.15) is 56.7 Å². The zero-order valence-electron chi connectivity index (χ0n) is 49.6. The number of carbonyl (C=O) groups is 3. The van der Waals surface area contributed by atoms with Crippen LogP contribution in [0, 0.1) is 22.7 Å². The first-order valence-corrected chi connectivity index (χ1v) is 33.6. The second-order valence-corrected chi connectivity index (χ2v) is 21.4. The molecule has 12 rings (SSSR count). The molecule has 474 valence electrons. The Morgan fingerprint density at radius 3 is 1.32 bits per heavy atom. The number of nitrogens with zero attached hydrogens (tertiary/aromatic N) is 7. The van der Waals surface area contributed by atoms with E-state index in [2.05, 4.69) is 122 Å². The predicted octanol–water partition coefficient (Wildman–Crippen LogP) is 9.32. The molecule has 0 unspecified atom stereocenters. The van der Waals surface area contributed by atoms with Crippen molar-refractivity contribution >= 4 is 147 Å². The SMILES string of the molecule is CC(=O)OOC(C)=O.N#CCCc1cc2cc[nH]c(=O)c2c2cc(-n3ccnc3)ccc12.N#CCCc1cc2cc[nH]c(=O)c2c2cc(Br)ccc12.NCCCc1cc2cc[nH]c(=O)c2c2cc(-n3ccnc3)ccc12.[B-]OC(C)=O.[Cl][Co][Cl].[Cu][I].[Na+].c1c[nH]cn1. The summed E-state index contributed by atoms with van der Waals surface area (Å²) in [5.74, 6) is -1.74. The van der Waals surface area contributed by atoms with E-state index < -0.39 is 17.9 Å². The van der Waals surface area contributed by atoms with E-state index in [0.29, 0.717) is 55.9 Å². The van der Waals surface area contributed by atoms with Crippen LogP contribution in [0.15, 0.2) is 185 Å². The van der Waals surface area contributed by atoms with Gasteiger partial charge in [0.1, 0.15) is 0 Å². The Kier molecular flexibility index (Phi) is 34.5. The van der Waals surface area contributed by atoms with E-state index in [1.165, 1.54) is 12.5 Å². The smallest absolute Gasteiger partial charge is 0.351 e. The first-order valence-electron chi connectivity index (χ1n) is 27.0. The van der Waals surface area contributed by atoms with Gasteiger partial charge in [0.05, 0.1) is 47.3 Å². The largest absolute Gasteiger partial charge is 1.00 e. The van der Waals surface area contributed by atoms with E-state index in [1.807, 2.05) is 88.3 Å². The molecule has 0 spiro atoms. The number of nitrogens with one attached hydrogen (secondary N) is 4. The molecular formula is C63H56BBrCl2CoCuIN12NaO9. The number of pyridine rings is 3. The molecule has 0 aliphatic carbocycles. The van der Waals surface area contributed by atoms with Gasteiger partial charge >= 0.3 is 108 Å². The van der Waals surface area contributed by atoms with Gasteiger partial charge in [-0.1, -0.05) is 52.3 Å². The number of hydrogen-bond donors (Lipinski definition) is 5. The molecule has 6 aromatic heterocycles. The molecular weight excluding hydrogens is 1500 g/mol. The maximum Gasteiger partial charge on any atom is 1.00 e. The van der Waals surface area contributed by atoms with E-state index in [0.717, 1.165) is 108 Å². The number of nitriles is 2. The number of fused-ring (bicyclic) bond motifs is 9. The first-order chi connectivity index (χ1) is 44.1. The summed E-state index contributed by atoms with van der Waals surface area (Å²) < 4.78 is 8.39. The van der Waals surface area contributed by atoms with Crippen LogP contribution in [0.2, 0.25) is 0 Å². The topological polar surface area (TPSA) is 315 Å². The molecule has 3 radical (unpaired) electrons. The zero-order chi connectivity index (χ0) is 66.2. The number of aromatic amines is 4. The summed E-state index contributed by atoms with van der Waals surface area (Å²) >= 11 is 9.71. The molecule has 6 aromatic carbocycles. The van der Waals surface area contributed by atoms with Gasteiger partial charge in [-0.3, -0.25) is 19.2 Å². The molecule has 0 saturated heterocycles. The van der Waals surface area contributed by atoms with Crippen molar-refractivity contribution in [1.82, 2.24) is 44.0 Å². The second kappa shape index (κ2) is 41.2. The summed E-state index contributed by atoms with van der Waals surface area (Å²) in [6.07, 6.45) is 24.9. The normalized spacial score (nSPS) is 9.97. The number of hydrogen-bond acceptors (Lipinski definition) is 15. The van der Waals surface area contributed by atoms with Crippen molar-refractivity contribution in [3.63, 3.8) is 0 Å². The van der Waals surface area contributed by atoms with Crippen LogP contribution in [0.4, 0.5) is 0 Å². The van der Waals surface area contributed by atoms with Crippen molar-refractivity contribution in [3.05, 3.63) is 218 Å². The Hall–Kier alpha value is -7.41. The second-order valence-electron chi connectivity index (χ2n) is 18.8. The maximum atomic E-state index is 12.4. The van der Waals surface area contributed by atoms with Gasteiger partial charge in [-0.05, 0) is 152 Å². The van der Waals surface area contributed by atoms with Crippen LogP contribution in [-0.2, 0) is 73.7 Å². The number of carbonyl (C=O) groups excluding carboxylic acids is 3. The fourth-order valence-electron chi connectivity index (χ4n) is 9.28. The summed E-state index contributed by atoms with van der Waals surface area (Å²) in [7, 11) is 13.8. The summed E-state index contributed by atoms with van der Waals surface area (Å²) in [4.78, 5) is 96.6. The molecule has 0 saturated carbocycles. The van der Waals surface area contributed by atoms with Crippen LogP contribution >= 0.6 is 56.6 Å². The number of aromatic nitrogens is 9. The van der Waals surface area contributed by atoms with Crippen molar-refractivity contribution in [2.24, 2.45) is 5.73 Å². The first kappa shape index (κ1) is 77.0.